The van der Waals surface area contributed by atoms with E-state index in [0.717, 1.165) is 34.6 Å². The molecule has 4 nitrogen and oxygen atoms in total. The van der Waals surface area contributed by atoms with Crippen LogP contribution < -0.4 is 8.92 Å². The van der Waals surface area contributed by atoms with E-state index in [9.17, 15) is 9.59 Å². The molecule has 0 bridgehead atoms. The molecule has 0 saturated heterocycles. The van der Waals surface area contributed by atoms with Crippen LogP contribution in [0.25, 0.3) is 0 Å². The van der Waals surface area contributed by atoms with E-state index in [1.165, 1.54) is 12.8 Å². The summed E-state index contributed by atoms with van der Waals surface area (Å²) in [6.45, 7) is 13.5. The van der Waals surface area contributed by atoms with Crippen LogP contribution in [-0.4, -0.2) is 50.4 Å². The first kappa shape index (κ1) is 31.4. The first-order chi connectivity index (χ1) is 19.1. The average Bonchev–Trinajstić information content (AvgIpc) is 2.92. The molecule has 40 heavy (non-hydrogen) atoms. The van der Waals surface area contributed by atoms with Gasteiger partial charge in [-0.05, 0) is 0 Å². The summed E-state index contributed by atoms with van der Waals surface area (Å²) in [7, 11) is 0. The van der Waals surface area contributed by atoms with Crippen molar-refractivity contribution in [1.82, 2.24) is 0 Å². The van der Waals surface area contributed by atoms with Gasteiger partial charge in [-0.2, -0.15) is 0 Å². The fraction of sp³-hybridized carbons (Fsp3) is 0.588. The third kappa shape index (κ3) is 8.03. The van der Waals surface area contributed by atoms with Gasteiger partial charge in [-0.15, -0.1) is 0 Å². The normalized spacial score (nSPS) is 27.0. The van der Waals surface area contributed by atoms with Crippen molar-refractivity contribution in [3.8, 4) is 0 Å². The van der Waals surface area contributed by atoms with Gasteiger partial charge in [0.15, 0.2) is 0 Å². The van der Waals surface area contributed by atoms with E-state index in [-0.39, 0.29) is 50.4 Å². The van der Waals surface area contributed by atoms with Crippen LogP contribution in [0.1, 0.15) is 101 Å². The van der Waals surface area contributed by atoms with Crippen molar-refractivity contribution >= 4 is 47.1 Å². The van der Waals surface area contributed by atoms with Gasteiger partial charge in [0.25, 0.3) is 0 Å². The standard InChI is InChI=1S/C34H46O4Se2/c1-21(2)25-17-15-23(5)19-29(25)37-33(35)27-11-7-9-13-31(27)39-40-32-14-10-8-12-28(32)34(36)38-30-20-24(6)16-18-26(30)22(3)4/h7-14,21-26,29-30H,15-20H2,1-6H3/t23-,24-,25+,26+,29-,30-/m1/s1. The molecular weight excluding hydrogens is 630 g/mol. The molecule has 6 heteroatoms. The summed E-state index contributed by atoms with van der Waals surface area (Å²) in [5, 5.41) is 0. The fourth-order valence-corrected chi connectivity index (χ4v) is 13.5. The molecule has 0 N–H and O–H groups in total. The van der Waals surface area contributed by atoms with Crippen molar-refractivity contribution in [3.63, 3.8) is 0 Å². The molecule has 2 aliphatic rings. The Morgan fingerprint density at radius 1 is 0.650 bits per heavy atom. The van der Waals surface area contributed by atoms with Gasteiger partial charge in [-0.25, -0.2) is 0 Å². The molecule has 2 aromatic rings. The molecule has 0 radical (unpaired) electrons. The second-order valence-corrected chi connectivity index (χ2v) is 18.9. The number of ether oxygens (including phenoxy) is 2. The molecule has 0 aromatic heterocycles. The third-order valence-corrected chi connectivity index (χ3v) is 16.1. The van der Waals surface area contributed by atoms with Crippen LogP contribution in [0.3, 0.4) is 0 Å². The predicted octanol–water partition coefficient (Wildman–Crippen LogP) is 6.20. The van der Waals surface area contributed by atoms with Crippen LogP contribution in [0.5, 0.6) is 0 Å². The van der Waals surface area contributed by atoms with Crippen LogP contribution in [0.2, 0.25) is 0 Å². The first-order valence-electron chi connectivity index (χ1n) is 15.1. The fourth-order valence-electron chi connectivity index (χ4n) is 6.41. The SMILES string of the molecule is CC(C)[C@@H]1CC[C@@H](C)C[C@H]1OC(=O)c1ccccc1[Se][Se]c1ccccc1C(=O)O[C@@H]1C[C@H](C)CC[C@H]1C(C)C. The van der Waals surface area contributed by atoms with E-state index in [1.54, 1.807) is 0 Å². The summed E-state index contributed by atoms with van der Waals surface area (Å²) in [6.07, 6.45) is 6.51. The van der Waals surface area contributed by atoms with Crippen molar-refractivity contribution in [2.24, 2.45) is 35.5 Å². The van der Waals surface area contributed by atoms with Gasteiger partial charge in [0.1, 0.15) is 0 Å². The Morgan fingerprint density at radius 3 is 1.40 bits per heavy atom. The maximum atomic E-state index is 13.4. The van der Waals surface area contributed by atoms with Gasteiger partial charge in [0.05, 0.1) is 0 Å². The summed E-state index contributed by atoms with van der Waals surface area (Å²) in [5.41, 5.74) is 1.36. The number of benzene rings is 2. The van der Waals surface area contributed by atoms with Crippen LogP contribution in [0, 0.1) is 35.5 Å². The third-order valence-electron chi connectivity index (χ3n) is 8.87. The van der Waals surface area contributed by atoms with Crippen LogP contribution in [0.15, 0.2) is 48.5 Å². The summed E-state index contributed by atoms with van der Waals surface area (Å²) >= 11 is 0.0479. The van der Waals surface area contributed by atoms with E-state index < -0.39 is 0 Å². The maximum absolute atomic E-state index is 13.4. The molecule has 0 amide bonds. The molecule has 0 heterocycles. The second kappa shape index (κ2) is 14.5. The van der Waals surface area contributed by atoms with Gasteiger partial charge in [0.2, 0.25) is 0 Å². The van der Waals surface area contributed by atoms with Gasteiger partial charge >= 0.3 is 254 Å². The van der Waals surface area contributed by atoms with E-state index in [1.807, 2.05) is 36.4 Å². The molecule has 2 saturated carbocycles. The molecule has 6 atom stereocenters. The van der Waals surface area contributed by atoms with Gasteiger partial charge in [-0.3, -0.25) is 0 Å². The molecule has 0 spiro atoms. The van der Waals surface area contributed by atoms with Crippen molar-refractivity contribution in [2.45, 2.75) is 92.3 Å². The number of carbonyl (C=O) groups is 2. The Balaban J connectivity index is 1.45. The second-order valence-electron chi connectivity index (χ2n) is 12.7. The van der Waals surface area contributed by atoms with Crippen LogP contribution >= 0.6 is 0 Å². The number of hydrogen-bond donors (Lipinski definition) is 0. The number of carbonyl (C=O) groups excluding carboxylic acids is 2. The topological polar surface area (TPSA) is 52.6 Å². The van der Waals surface area contributed by atoms with E-state index in [2.05, 4.69) is 53.7 Å². The molecule has 2 fully saturated rings. The van der Waals surface area contributed by atoms with Crippen molar-refractivity contribution < 1.29 is 19.1 Å². The molecule has 218 valence electrons. The van der Waals surface area contributed by atoms with Crippen LogP contribution in [0.4, 0.5) is 0 Å². The molecule has 0 unspecified atom stereocenters. The summed E-state index contributed by atoms with van der Waals surface area (Å²) in [5.74, 6) is 2.60. The van der Waals surface area contributed by atoms with Gasteiger partial charge < -0.3 is 0 Å². The summed E-state index contributed by atoms with van der Waals surface area (Å²) < 4.78 is 14.5. The Kier molecular flexibility index (Phi) is 11.4. The van der Waals surface area contributed by atoms with Gasteiger partial charge in [0, 0.05) is 0 Å². The minimum atomic E-state index is -0.197. The molecule has 2 aromatic carbocycles. The molecular formula is C34H46O4Se2. The zero-order valence-corrected chi connectivity index (χ0v) is 28.4. The van der Waals surface area contributed by atoms with Crippen LogP contribution in [-0.2, 0) is 9.47 Å². The molecule has 0 aliphatic heterocycles. The Bertz CT molecular complexity index is 1060. The Morgan fingerprint density at radius 2 is 1.02 bits per heavy atom. The van der Waals surface area contributed by atoms with E-state index in [4.69, 9.17) is 9.47 Å². The number of hydrogen-bond acceptors (Lipinski definition) is 4. The van der Waals surface area contributed by atoms with Crippen molar-refractivity contribution in [2.75, 3.05) is 0 Å². The quantitative estimate of drug-likeness (QED) is 0.235. The zero-order chi connectivity index (χ0) is 28.8. The average molecular weight is 677 g/mol. The van der Waals surface area contributed by atoms with E-state index in [0.29, 0.717) is 46.6 Å². The molecule has 2 aliphatic carbocycles. The van der Waals surface area contributed by atoms with Crippen molar-refractivity contribution in [1.29, 1.82) is 0 Å². The first-order valence-corrected chi connectivity index (χ1v) is 21.1. The Labute approximate surface area is 252 Å². The zero-order valence-electron chi connectivity index (χ0n) is 24.9. The predicted molar refractivity (Wildman–Crippen MR) is 165 cm³/mol. The van der Waals surface area contributed by atoms with Crippen molar-refractivity contribution in [3.05, 3.63) is 59.7 Å². The minimum absolute atomic E-state index is 0.0185. The Hall–Kier alpha value is -1.58. The van der Waals surface area contributed by atoms with Gasteiger partial charge in [-0.1, -0.05) is 0 Å². The number of esters is 2. The molecule has 4 rings (SSSR count). The summed E-state index contributed by atoms with van der Waals surface area (Å²) in [4.78, 5) is 26.9. The number of rotatable bonds is 9. The summed E-state index contributed by atoms with van der Waals surface area (Å²) in [6, 6.07) is 15.8. The van der Waals surface area contributed by atoms with E-state index >= 15 is 0 Å². The monoisotopic (exact) mass is 678 g/mol.